The number of hydrogen-bond acceptors (Lipinski definition) is 4. The van der Waals surface area contributed by atoms with Gasteiger partial charge in [-0.25, -0.2) is 0 Å². The maximum Gasteiger partial charge on any atom is 0.0664 e. The highest BCUT2D eigenvalue weighted by Crippen LogP contribution is 2.00. The summed E-state index contributed by atoms with van der Waals surface area (Å²) in [7, 11) is 0. The van der Waals surface area contributed by atoms with Gasteiger partial charge in [0.2, 0.25) is 0 Å². The molecule has 14 heavy (non-hydrogen) atoms. The van der Waals surface area contributed by atoms with Gasteiger partial charge in [-0.15, -0.1) is 0 Å². The fourth-order valence-corrected chi connectivity index (χ4v) is 1.29. The highest BCUT2D eigenvalue weighted by molar-refractivity contribution is 4.67. The minimum atomic E-state index is -0.314. The summed E-state index contributed by atoms with van der Waals surface area (Å²) in [5.41, 5.74) is 5.46. The van der Waals surface area contributed by atoms with Crippen LogP contribution in [0.5, 0.6) is 0 Å². The van der Waals surface area contributed by atoms with Gasteiger partial charge in [0.25, 0.3) is 0 Å². The molecule has 0 amide bonds. The maximum absolute atomic E-state index is 9.48. The Bertz CT molecular complexity index is 121. The second-order valence-electron chi connectivity index (χ2n) is 3.67. The number of nitrogens with zero attached hydrogens (tertiary/aromatic N) is 1. The van der Waals surface area contributed by atoms with Crippen molar-refractivity contribution in [2.45, 2.75) is 38.9 Å². The van der Waals surface area contributed by atoms with Gasteiger partial charge in [-0.3, -0.25) is 4.90 Å². The van der Waals surface area contributed by atoms with Crippen molar-refractivity contribution in [1.82, 2.24) is 4.90 Å². The number of aliphatic hydroxyl groups excluding tert-OH is 2. The van der Waals surface area contributed by atoms with E-state index in [4.69, 9.17) is 5.73 Å². The Hall–Kier alpha value is -0.160. The molecule has 0 aromatic rings. The van der Waals surface area contributed by atoms with E-state index >= 15 is 0 Å². The van der Waals surface area contributed by atoms with Crippen LogP contribution < -0.4 is 5.73 Å². The normalized spacial score (nSPS) is 15.9. The molecule has 0 fully saturated rings. The summed E-state index contributed by atoms with van der Waals surface area (Å²) < 4.78 is 0. The van der Waals surface area contributed by atoms with E-state index in [0.29, 0.717) is 19.6 Å². The Morgan fingerprint density at radius 3 is 1.79 bits per heavy atom. The number of aliphatic hydroxyl groups is 2. The van der Waals surface area contributed by atoms with Gasteiger partial charge in [0.15, 0.2) is 0 Å². The third kappa shape index (κ3) is 6.32. The molecule has 0 aliphatic carbocycles. The summed E-state index contributed by atoms with van der Waals surface area (Å²) in [6.07, 6.45) is 0.850. The lowest BCUT2D eigenvalue weighted by Crippen LogP contribution is -2.40. The lowest BCUT2D eigenvalue weighted by molar-refractivity contribution is 0.0681. The van der Waals surface area contributed by atoms with Crippen LogP contribution in [0.25, 0.3) is 0 Å². The van der Waals surface area contributed by atoms with Crippen LogP contribution in [0, 0.1) is 0 Å². The van der Waals surface area contributed by atoms with Gasteiger partial charge >= 0.3 is 0 Å². The highest BCUT2D eigenvalue weighted by Gasteiger charge is 2.12. The van der Waals surface area contributed by atoms with Crippen LogP contribution in [0.1, 0.15) is 26.7 Å². The Morgan fingerprint density at radius 2 is 1.50 bits per heavy atom. The zero-order valence-corrected chi connectivity index (χ0v) is 9.32. The van der Waals surface area contributed by atoms with Crippen molar-refractivity contribution in [2.24, 2.45) is 5.73 Å². The zero-order chi connectivity index (χ0) is 11.0. The molecule has 4 nitrogen and oxygen atoms in total. The van der Waals surface area contributed by atoms with Crippen molar-refractivity contribution in [3.63, 3.8) is 0 Å². The average Bonchev–Trinajstić information content (AvgIpc) is 2.17. The molecule has 0 aromatic carbocycles. The van der Waals surface area contributed by atoms with Crippen LogP contribution >= 0.6 is 0 Å². The van der Waals surface area contributed by atoms with E-state index in [9.17, 15) is 10.2 Å². The quantitative estimate of drug-likeness (QED) is 0.511. The van der Waals surface area contributed by atoms with Crippen LogP contribution in [-0.4, -0.2) is 53.5 Å². The van der Waals surface area contributed by atoms with E-state index in [1.807, 2.05) is 18.7 Å². The van der Waals surface area contributed by atoms with Gasteiger partial charge in [0.05, 0.1) is 12.2 Å². The first kappa shape index (κ1) is 13.8. The summed E-state index contributed by atoms with van der Waals surface area (Å²) in [6.45, 7) is 6.39. The Labute approximate surface area is 86.7 Å². The van der Waals surface area contributed by atoms with E-state index in [0.717, 1.165) is 19.4 Å². The third-order valence-electron chi connectivity index (χ3n) is 2.33. The standard InChI is InChI=1S/C10H24N2O2/c1-3-9(13)7-12(6-5-11)8-10(14)4-2/h9-10,13-14H,3-8,11H2,1-2H3. The fourth-order valence-electron chi connectivity index (χ4n) is 1.29. The zero-order valence-electron chi connectivity index (χ0n) is 9.32. The minimum Gasteiger partial charge on any atom is -0.392 e. The average molecular weight is 204 g/mol. The van der Waals surface area contributed by atoms with Crippen LogP contribution in [0.3, 0.4) is 0 Å². The molecular formula is C10H24N2O2. The second kappa shape index (κ2) is 8.17. The van der Waals surface area contributed by atoms with Gasteiger partial charge < -0.3 is 15.9 Å². The first-order valence-corrected chi connectivity index (χ1v) is 5.42. The largest absolute Gasteiger partial charge is 0.392 e. The number of rotatable bonds is 8. The van der Waals surface area contributed by atoms with Gasteiger partial charge in [-0.05, 0) is 12.8 Å². The SMILES string of the molecule is CCC(O)CN(CCN)CC(O)CC. The fraction of sp³-hybridized carbons (Fsp3) is 1.00. The van der Waals surface area contributed by atoms with Crippen molar-refractivity contribution in [3.8, 4) is 0 Å². The van der Waals surface area contributed by atoms with Crippen LogP contribution in [-0.2, 0) is 0 Å². The number of hydrogen-bond donors (Lipinski definition) is 3. The highest BCUT2D eigenvalue weighted by atomic mass is 16.3. The molecule has 0 bridgehead atoms. The van der Waals surface area contributed by atoms with Gasteiger partial charge in [0.1, 0.15) is 0 Å². The molecule has 0 radical (unpaired) electrons. The maximum atomic E-state index is 9.48. The summed E-state index contributed by atoms with van der Waals surface area (Å²) in [5, 5.41) is 19.0. The Morgan fingerprint density at radius 1 is 1.07 bits per heavy atom. The molecule has 0 heterocycles. The summed E-state index contributed by atoms with van der Waals surface area (Å²) in [5.74, 6) is 0. The molecule has 4 heteroatoms. The topological polar surface area (TPSA) is 69.7 Å². The van der Waals surface area contributed by atoms with E-state index in [-0.39, 0.29) is 12.2 Å². The van der Waals surface area contributed by atoms with Crippen LogP contribution in [0.2, 0.25) is 0 Å². The predicted molar refractivity (Wildman–Crippen MR) is 58.1 cm³/mol. The molecule has 2 atom stereocenters. The first-order chi connectivity index (χ1) is 6.63. The Balaban J connectivity index is 3.88. The molecule has 0 saturated heterocycles. The lowest BCUT2D eigenvalue weighted by Gasteiger charge is -2.25. The van der Waals surface area contributed by atoms with E-state index < -0.39 is 0 Å². The number of nitrogens with two attached hydrogens (primary N) is 1. The van der Waals surface area contributed by atoms with Crippen molar-refractivity contribution in [1.29, 1.82) is 0 Å². The molecule has 4 N–H and O–H groups in total. The first-order valence-electron chi connectivity index (χ1n) is 5.42. The summed E-state index contributed by atoms with van der Waals surface area (Å²) in [4.78, 5) is 2.02. The molecule has 2 unspecified atom stereocenters. The smallest absolute Gasteiger partial charge is 0.0664 e. The second-order valence-corrected chi connectivity index (χ2v) is 3.67. The molecule has 0 aliphatic rings. The molecule has 0 spiro atoms. The summed E-state index contributed by atoms with van der Waals surface area (Å²) in [6, 6.07) is 0. The van der Waals surface area contributed by atoms with Crippen molar-refractivity contribution in [2.75, 3.05) is 26.2 Å². The van der Waals surface area contributed by atoms with E-state index in [2.05, 4.69) is 0 Å². The van der Waals surface area contributed by atoms with Crippen molar-refractivity contribution < 1.29 is 10.2 Å². The van der Waals surface area contributed by atoms with Crippen LogP contribution in [0.15, 0.2) is 0 Å². The molecule has 0 aliphatic heterocycles. The van der Waals surface area contributed by atoms with E-state index in [1.165, 1.54) is 0 Å². The third-order valence-corrected chi connectivity index (χ3v) is 2.33. The summed E-state index contributed by atoms with van der Waals surface area (Å²) >= 11 is 0. The molecule has 0 rings (SSSR count). The molecular weight excluding hydrogens is 180 g/mol. The molecule has 0 aromatic heterocycles. The molecule has 0 saturated carbocycles. The predicted octanol–water partition coefficient (Wildman–Crippen LogP) is -0.211. The minimum absolute atomic E-state index is 0.314. The van der Waals surface area contributed by atoms with Crippen molar-refractivity contribution in [3.05, 3.63) is 0 Å². The van der Waals surface area contributed by atoms with Crippen molar-refractivity contribution >= 4 is 0 Å². The van der Waals surface area contributed by atoms with Crippen LogP contribution in [0.4, 0.5) is 0 Å². The van der Waals surface area contributed by atoms with Gasteiger partial charge in [0, 0.05) is 26.2 Å². The van der Waals surface area contributed by atoms with Gasteiger partial charge in [-0.1, -0.05) is 13.8 Å². The van der Waals surface area contributed by atoms with E-state index in [1.54, 1.807) is 0 Å². The molecule has 86 valence electrons. The van der Waals surface area contributed by atoms with Gasteiger partial charge in [-0.2, -0.15) is 0 Å². The monoisotopic (exact) mass is 204 g/mol. The lowest BCUT2D eigenvalue weighted by atomic mass is 10.2. The Kier molecular flexibility index (Phi) is 8.08.